The van der Waals surface area contributed by atoms with Crippen molar-refractivity contribution in [1.82, 2.24) is 30.0 Å². The van der Waals surface area contributed by atoms with Gasteiger partial charge in [-0.1, -0.05) is 35.3 Å². The fraction of sp³-hybridized carbons (Fsp3) is 0.556. The zero-order chi connectivity index (χ0) is 30.3. The van der Waals surface area contributed by atoms with Crippen LogP contribution >= 0.6 is 23.2 Å². The van der Waals surface area contributed by atoms with Gasteiger partial charge in [0.2, 0.25) is 6.29 Å². The van der Waals surface area contributed by atoms with Crippen LogP contribution in [0.15, 0.2) is 24.5 Å². The molecule has 0 aliphatic carbocycles. The van der Waals surface area contributed by atoms with Crippen molar-refractivity contribution in [2.24, 2.45) is 0 Å². The van der Waals surface area contributed by atoms with Crippen molar-refractivity contribution in [2.75, 3.05) is 65.3 Å². The molecule has 2 aromatic rings. The maximum Gasteiger partial charge on any atom is 0.446 e. The van der Waals surface area contributed by atoms with Crippen molar-refractivity contribution in [3.05, 3.63) is 40.1 Å². The van der Waals surface area contributed by atoms with E-state index in [4.69, 9.17) is 28.0 Å². The molecule has 0 saturated carbocycles. The number of alkyl halides is 3. The van der Waals surface area contributed by atoms with E-state index < -0.39 is 12.5 Å². The number of likely N-dealkylation sites (N-methyl/N-ethyl adjacent to an activating group) is 1. The number of nitrogens with one attached hydrogen (secondary N) is 1. The van der Waals surface area contributed by atoms with E-state index in [1.54, 1.807) is 12.4 Å². The quantitative estimate of drug-likeness (QED) is 0.485. The molecule has 3 heterocycles. The second-order valence-electron chi connectivity index (χ2n) is 10.4. The molecule has 1 N–H and O–H groups in total. The number of urea groups is 1. The summed E-state index contributed by atoms with van der Waals surface area (Å²) < 4.78 is 31.2. The Hall–Kier alpha value is -2.67. The molecule has 0 spiro atoms. The van der Waals surface area contributed by atoms with E-state index >= 15 is 0 Å². The number of hydrogen-bond donors (Lipinski definition) is 1. The van der Waals surface area contributed by atoms with Crippen LogP contribution < -0.4 is 10.2 Å². The molecule has 0 radical (unpaired) electrons. The summed E-state index contributed by atoms with van der Waals surface area (Å²) in [4.78, 5) is 39.4. The van der Waals surface area contributed by atoms with Crippen molar-refractivity contribution in [1.29, 1.82) is 0 Å². The number of aromatic nitrogens is 2. The molecule has 226 valence electrons. The number of nitrogens with zero attached hydrogens (tertiary/aromatic N) is 6. The van der Waals surface area contributed by atoms with Crippen molar-refractivity contribution < 1.29 is 22.8 Å². The fourth-order valence-corrected chi connectivity index (χ4v) is 5.27. The zero-order valence-corrected chi connectivity index (χ0v) is 25.1. The summed E-state index contributed by atoms with van der Waals surface area (Å²) in [5.74, 6) is 0.866. The third-order valence-electron chi connectivity index (χ3n) is 7.35. The smallest absolute Gasteiger partial charge is 0.353 e. The number of halogens is 5. The molecule has 2 amide bonds. The van der Waals surface area contributed by atoms with Gasteiger partial charge in [0.15, 0.2) is 0 Å². The van der Waals surface area contributed by atoms with Crippen LogP contribution in [0.3, 0.4) is 0 Å². The summed E-state index contributed by atoms with van der Waals surface area (Å²) >= 11 is 13.3. The zero-order valence-electron chi connectivity index (χ0n) is 23.6. The first-order chi connectivity index (χ1) is 19.3. The predicted molar refractivity (Wildman–Crippen MR) is 155 cm³/mol. The Balaban J connectivity index is 0.000000696. The molecule has 2 saturated heterocycles. The second-order valence-corrected chi connectivity index (χ2v) is 11.1. The Morgan fingerprint density at radius 3 is 2.15 bits per heavy atom. The summed E-state index contributed by atoms with van der Waals surface area (Å²) in [6.45, 7) is 7.80. The highest BCUT2D eigenvalue weighted by Gasteiger charge is 2.26. The number of carbonyl (C=O) groups excluding carboxylic acids is 2. The third kappa shape index (κ3) is 9.16. The van der Waals surface area contributed by atoms with E-state index in [9.17, 15) is 18.0 Å². The van der Waals surface area contributed by atoms with Crippen molar-refractivity contribution in [2.45, 2.75) is 38.0 Å². The molecule has 1 unspecified atom stereocenters. The number of hydrogen-bond acceptors (Lipinski definition) is 7. The highest BCUT2D eigenvalue weighted by Crippen LogP contribution is 2.37. The first kappa shape index (κ1) is 32.8. The van der Waals surface area contributed by atoms with Crippen LogP contribution in [0.25, 0.3) is 11.3 Å². The number of piperidine rings is 1. The first-order valence-corrected chi connectivity index (χ1v) is 14.0. The Labute approximate surface area is 248 Å². The minimum Gasteiger partial charge on any atom is -0.353 e. The number of carbonyl (C=O) groups is 2. The summed E-state index contributed by atoms with van der Waals surface area (Å²) in [5, 5.41) is 3.90. The van der Waals surface area contributed by atoms with E-state index in [2.05, 4.69) is 44.1 Å². The van der Waals surface area contributed by atoms with Gasteiger partial charge in [0.05, 0.1) is 34.2 Å². The molecule has 41 heavy (non-hydrogen) atoms. The van der Waals surface area contributed by atoms with Crippen LogP contribution in [0.1, 0.15) is 31.4 Å². The van der Waals surface area contributed by atoms with Crippen LogP contribution in [0.4, 0.5) is 23.8 Å². The summed E-state index contributed by atoms with van der Waals surface area (Å²) in [5.41, 5.74) is 2.16. The van der Waals surface area contributed by atoms with Gasteiger partial charge in [0.25, 0.3) is 0 Å². The first-order valence-electron chi connectivity index (χ1n) is 13.3. The molecular weight excluding hydrogens is 582 g/mol. The molecule has 2 aliphatic heterocycles. The largest absolute Gasteiger partial charge is 0.446 e. The average Bonchev–Trinajstić information content (AvgIpc) is 2.95. The van der Waals surface area contributed by atoms with Gasteiger partial charge in [-0.3, -0.25) is 9.78 Å². The SMILES string of the molecule is CC(NC(=O)N(C)C1CCN(C)CC1)c1ccc(-c2cnc(N3CCN(C)CC3)cn2)c(Cl)c1Cl.O=CC(F)(F)F. The summed E-state index contributed by atoms with van der Waals surface area (Å²) in [7, 11) is 6.10. The minimum atomic E-state index is -4.64. The Kier molecular flexibility index (Phi) is 11.6. The van der Waals surface area contributed by atoms with Crippen LogP contribution in [-0.4, -0.2) is 110 Å². The van der Waals surface area contributed by atoms with E-state index in [1.807, 2.05) is 31.0 Å². The van der Waals surface area contributed by atoms with Crippen LogP contribution in [0.2, 0.25) is 10.0 Å². The van der Waals surface area contributed by atoms with Gasteiger partial charge in [-0.05, 0) is 52.5 Å². The van der Waals surface area contributed by atoms with Crippen LogP contribution in [0.5, 0.6) is 0 Å². The van der Waals surface area contributed by atoms with Crippen LogP contribution in [0, 0.1) is 0 Å². The monoisotopic (exact) mass is 617 g/mol. The van der Waals surface area contributed by atoms with Gasteiger partial charge >= 0.3 is 12.2 Å². The highest BCUT2D eigenvalue weighted by molar-refractivity contribution is 6.44. The lowest BCUT2D eigenvalue weighted by atomic mass is 10.0. The maximum absolute atomic E-state index is 12.9. The second kappa shape index (κ2) is 14.5. The van der Waals surface area contributed by atoms with Gasteiger partial charge in [0, 0.05) is 44.8 Å². The number of benzene rings is 1. The highest BCUT2D eigenvalue weighted by atomic mass is 35.5. The molecule has 14 heteroatoms. The molecule has 9 nitrogen and oxygen atoms in total. The lowest BCUT2D eigenvalue weighted by Crippen LogP contribution is -2.48. The number of likely N-dealkylation sites (tertiary alicyclic amines) is 1. The van der Waals surface area contributed by atoms with Gasteiger partial charge in [-0.2, -0.15) is 13.2 Å². The van der Waals surface area contributed by atoms with Crippen molar-refractivity contribution in [3.8, 4) is 11.3 Å². The van der Waals surface area contributed by atoms with Crippen molar-refractivity contribution >= 4 is 41.3 Å². The molecule has 2 aliphatic rings. The fourth-order valence-electron chi connectivity index (χ4n) is 4.67. The molecule has 0 bridgehead atoms. The molecule has 4 rings (SSSR count). The van der Waals surface area contributed by atoms with E-state index in [-0.39, 0.29) is 18.1 Å². The molecule has 1 atom stereocenters. The number of piperazine rings is 1. The average molecular weight is 619 g/mol. The third-order valence-corrected chi connectivity index (χ3v) is 8.25. The maximum atomic E-state index is 12.9. The predicted octanol–water partition coefficient (Wildman–Crippen LogP) is 4.75. The Morgan fingerprint density at radius 2 is 1.61 bits per heavy atom. The number of aldehydes is 1. The van der Waals surface area contributed by atoms with Crippen LogP contribution in [-0.2, 0) is 4.79 Å². The van der Waals surface area contributed by atoms with E-state index in [0.717, 1.165) is 69.1 Å². The molecule has 2 fully saturated rings. The minimum absolute atomic E-state index is 0.103. The van der Waals surface area contributed by atoms with E-state index in [1.165, 1.54) is 0 Å². The molecular formula is C27H36Cl2F3N7O2. The van der Waals surface area contributed by atoms with Gasteiger partial charge in [-0.15, -0.1) is 0 Å². The summed E-state index contributed by atoms with van der Waals surface area (Å²) in [6, 6.07) is 3.65. The summed E-state index contributed by atoms with van der Waals surface area (Å²) in [6.07, 6.45) is -0.213. The molecule has 1 aromatic heterocycles. The Morgan fingerprint density at radius 1 is 1.02 bits per heavy atom. The Bertz CT molecular complexity index is 1170. The standard InChI is InChI=1S/C25H35Cl2N7O.C2HF3O/c1-17(30-25(35)33(4)18-7-9-31(2)10-8-18)19-5-6-20(24(27)23(19)26)21-15-29-22(16-28-21)34-13-11-32(3)12-14-34;3-2(4,5)1-6/h5-6,15-18H,7-14H2,1-4H3,(H,30,35);1H. The van der Waals surface area contributed by atoms with E-state index in [0.29, 0.717) is 15.7 Å². The number of rotatable bonds is 5. The number of amides is 2. The van der Waals surface area contributed by atoms with Crippen molar-refractivity contribution in [3.63, 3.8) is 0 Å². The van der Waals surface area contributed by atoms with Gasteiger partial charge in [-0.25, -0.2) is 9.78 Å². The topological polar surface area (TPSA) is 84.9 Å². The lowest BCUT2D eigenvalue weighted by Gasteiger charge is -2.35. The lowest BCUT2D eigenvalue weighted by molar-refractivity contribution is -0.156. The number of anilines is 1. The molecule has 1 aromatic carbocycles. The van der Waals surface area contributed by atoms with Gasteiger partial charge in [0.1, 0.15) is 5.82 Å². The normalized spacial score (nSPS) is 17.8. The van der Waals surface area contributed by atoms with Gasteiger partial charge < -0.3 is 24.9 Å².